The third-order valence-electron chi connectivity index (χ3n) is 5.41. The normalized spacial score (nSPS) is 28.3. The van der Waals surface area contributed by atoms with E-state index in [2.05, 4.69) is 31.2 Å². The standard InChI is InChI=1S/C19H26N2O2/c1-13-7-9-15(10-8-13)18-16(12-17(22)20(18)3)19(23)21-11-5-4-6-14(21)2/h7-10,14,16,18H,4-6,11-12H2,1-3H3/t14-,16+,18-/m1/s1. The second kappa shape index (κ2) is 6.34. The topological polar surface area (TPSA) is 40.6 Å². The summed E-state index contributed by atoms with van der Waals surface area (Å²) in [5.74, 6) is -0.0326. The van der Waals surface area contributed by atoms with Crippen LogP contribution in [0.2, 0.25) is 0 Å². The summed E-state index contributed by atoms with van der Waals surface area (Å²) < 4.78 is 0. The molecule has 1 aromatic rings. The van der Waals surface area contributed by atoms with E-state index in [0.717, 1.165) is 24.9 Å². The second-order valence-corrected chi connectivity index (χ2v) is 7.05. The molecule has 0 unspecified atom stereocenters. The largest absolute Gasteiger partial charge is 0.340 e. The van der Waals surface area contributed by atoms with E-state index in [9.17, 15) is 9.59 Å². The first-order chi connectivity index (χ1) is 11.0. The van der Waals surface area contributed by atoms with Gasteiger partial charge in [-0.25, -0.2) is 0 Å². The zero-order chi connectivity index (χ0) is 16.6. The molecular formula is C19H26N2O2. The minimum absolute atomic E-state index is 0.0681. The first-order valence-corrected chi connectivity index (χ1v) is 8.61. The molecule has 0 N–H and O–H groups in total. The lowest BCUT2D eigenvalue weighted by molar-refractivity contribution is -0.139. The van der Waals surface area contributed by atoms with Gasteiger partial charge in [0.05, 0.1) is 12.0 Å². The van der Waals surface area contributed by atoms with Crippen LogP contribution in [0, 0.1) is 12.8 Å². The Morgan fingerprint density at radius 1 is 1.17 bits per heavy atom. The Labute approximate surface area is 138 Å². The Bertz CT molecular complexity index is 596. The first-order valence-electron chi connectivity index (χ1n) is 8.61. The molecule has 23 heavy (non-hydrogen) atoms. The minimum Gasteiger partial charge on any atom is -0.340 e. The van der Waals surface area contributed by atoms with Crippen molar-refractivity contribution in [2.75, 3.05) is 13.6 Å². The number of amides is 2. The Hall–Kier alpha value is -1.84. The van der Waals surface area contributed by atoms with Crippen LogP contribution in [0.4, 0.5) is 0 Å². The summed E-state index contributed by atoms with van der Waals surface area (Å²) in [4.78, 5) is 29.1. The van der Waals surface area contributed by atoms with Gasteiger partial charge in [-0.05, 0) is 38.7 Å². The van der Waals surface area contributed by atoms with E-state index in [4.69, 9.17) is 0 Å². The predicted octanol–water partition coefficient (Wildman–Crippen LogP) is 2.92. The molecule has 2 aliphatic heterocycles. The fourth-order valence-electron chi connectivity index (χ4n) is 3.95. The molecule has 4 nitrogen and oxygen atoms in total. The number of hydrogen-bond acceptors (Lipinski definition) is 2. The Kier molecular flexibility index (Phi) is 4.42. The predicted molar refractivity (Wildman–Crippen MR) is 89.8 cm³/mol. The number of carbonyl (C=O) groups is 2. The molecule has 3 rings (SSSR count). The number of carbonyl (C=O) groups excluding carboxylic acids is 2. The van der Waals surface area contributed by atoms with E-state index in [1.165, 1.54) is 12.0 Å². The summed E-state index contributed by atoms with van der Waals surface area (Å²) in [7, 11) is 1.82. The maximum Gasteiger partial charge on any atom is 0.228 e. The third kappa shape index (κ3) is 2.99. The lowest BCUT2D eigenvalue weighted by Crippen LogP contribution is -2.46. The number of piperidine rings is 1. The summed E-state index contributed by atoms with van der Waals surface area (Å²) in [6, 6.07) is 8.36. The van der Waals surface area contributed by atoms with Crippen LogP contribution in [0.15, 0.2) is 24.3 Å². The van der Waals surface area contributed by atoms with Crippen LogP contribution in [-0.4, -0.2) is 41.2 Å². The average Bonchev–Trinajstić information content (AvgIpc) is 2.84. The molecule has 1 aromatic carbocycles. The van der Waals surface area contributed by atoms with Crippen molar-refractivity contribution in [2.24, 2.45) is 5.92 Å². The van der Waals surface area contributed by atoms with Crippen LogP contribution in [0.5, 0.6) is 0 Å². The van der Waals surface area contributed by atoms with Crippen molar-refractivity contribution in [1.82, 2.24) is 9.80 Å². The lowest BCUT2D eigenvalue weighted by atomic mass is 9.90. The zero-order valence-corrected chi connectivity index (χ0v) is 14.3. The van der Waals surface area contributed by atoms with Crippen molar-refractivity contribution in [3.05, 3.63) is 35.4 Å². The van der Waals surface area contributed by atoms with E-state index in [-0.39, 0.29) is 29.8 Å². The van der Waals surface area contributed by atoms with Crippen molar-refractivity contribution >= 4 is 11.8 Å². The Balaban J connectivity index is 1.88. The highest BCUT2D eigenvalue weighted by atomic mass is 16.2. The molecule has 0 aliphatic carbocycles. The van der Waals surface area contributed by atoms with E-state index in [0.29, 0.717) is 6.42 Å². The van der Waals surface area contributed by atoms with Crippen molar-refractivity contribution in [2.45, 2.75) is 51.6 Å². The summed E-state index contributed by atoms with van der Waals surface area (Å²) >= 11 is 0. The van der Waals surface area contributed by atoms with Gasteiger partial charge in [0.15, 0.2) is 0 Å². The molecule has 0 spiro atoms. The van der Waals surface area contributed by atoms with Crippen LogP contribution in [-0.2, 0) is 9.59 Å². The molecule has 0 aromatic heterocycles. The van der Waals surface area contributed by atoms with Gasteiger partial charge in [0.1, 0.15) is 0 Å². The number of benzene rings is 1. The third-order valence-corrected chi connectivity index (χ3v) is 5.41. The van der Waals surface area contributed by atoms with Crippen LogP contribution in [0.25, 0.3) is 0 Å². The molecule has 0 saturated carbocycles. The number of nitrogens with zero attached hydrogens (tertiary/aromatic N) is 2. The molecule has 2 saturated heterocycles. The van der Waals surface area contributed by atoms with Gasteiger partial charge in [-0.15, -0.1) is 0 Å². The van der Waals surface area contributed by atoms with E-state index < -0.39 is 0 Å². The molecule has 2 fully saturated rings. The number of hydrogen-bond donors (Lipinski definition) is 0. The van der Waals surface area contributed by atoms with Gasteiger partial charge < -0.3 is 9.80 Å². The number of aryl methyl sites for hydroxylation is 1. The Morgan fingerprint density at radius 2 is 1.87 bits per heavy atom. The summed E-state index contributed by atoms with van der Waals surface area (Å²) in [5.41, 5.74) is 2.25. The summed E-state index contributed by atoms with van der Waals surface area (Å²) in [5, 5.41) is 0. The van der Waals surface area contributed by atoms with Crippen molar-refractivity contribution < 1.29 is 9.59 Å². The molecule has 2 amide bonds. The molecule has 3 atom stereocenters. The van der Waals surface area contributed by atoms with Crippen LogP contribution in [0.3, 0.4) is 0 Å². The Morgan fingerprint density at radius 3 is 2.52 bits per heavy atom. The highest BCUT2D eigenvalue weighted by Crippen LogP contribution is 2.39. The van der Waals surface area contributed by atoms with Gasteiger partial charge in [0.2, 0.25) is 11.8 Å². The molecule has 124 valence electrons. The summed E-state index contributed by atoms with van der Waals surface area (Å²) in [6.45, 7) is 5.00. The maximum absolute atomic E-state index is 13.1. The maximum atomic E-state index is 13.1. The van der Waals surface area contributed by atoms with E-state index in [1.54, 1.807) is 4.90 Å². The van der Waals surface area contributed by atoms with Crippen molar-refractivity contribution in [1.29, 1.82) is 0 Å². The van der Waals surface area contributed by atoms with Gasteiger partial charge >= 0.3 is 0 Å². The lowest BCUT2D eigenvalue weighted by Gasteiger charge is -2.36. The first kappa shape index (κ1) is 16.0. The van der Waals surface area contributed by atoms with Gasteiger partial charge in [0, 0.05) is 26.1 Å². The number of rotatable bonds is 2. The van der Waals surface area contributed by atoms with Gasteiger partial charge in [-0.2, -0.15) is 0 Å². The zero-order valence-electron chi connectivity index (χ0n) is 14.3. The monoisotopic (exact) mass is 314 g/mol. The van der Waals surface area contributed by atoms with Crippen LogP contribution in [0.1, 0.15) is 49.8 Å². The SMILES string of the molecule is Cc1ccc([C@@H]2[C@@H](C(=O)N3CCCC[C@H]3C)CC(=O)N2C)cc1. The number of likely N-dealkylation sites (tertiary alicyclic amines) is 2. The summed E-state index contributed by atoms with van der Waals surface area (Å²) in [6.07, 6.45) is 3.66. The highest BCUT2D eigenvalue weighted by molar-refractivity contribution is 5.90. The molecule has 2 heterocycles. The molecule has 2 aliphatic rings. The van der Waals surface area contributed by atoms with Crippen molar-refractivity contribution in [3.8, 4) is 0 Å². The highest BCUT2D eigenvalue weighted by Gasteiger charge is 2.45. The molecule has 4 heteroatoms. The fourth-order valence-corrected chi connectivity index (χ4v) is 3.95. The van der Waals surface area contributed by atoms with Crippen LogP contribution >= 0.6 is 0 Å². The van der Waals surface area contributed by atoms with Gasteiger partial charge in [0.25, 0.3) is 0 Å². The van der Waals surface area contributed by atoms with E-state index in [1.807, 2.05) is 18.9 Å². The van der Waals surface area contributed by atoms with Crippen LogP contribution < -0.4 is 0 Å². The average molecular weight is 314 g/mol. The quantitative estimate of drug-likeness (QED) is 0.842. The molecule has 0 radical (unpaired) electrons. The fraction of sp³-hybridized carbons (Fsp3) is 0.579. The van der Waals surface area contributed by atoms with Gasteiger partial charge in [-0.3, -0.25) is 9.59 Å². The second-order valence-electron chi connectivity index (χ2n) is 7.05. The molecule has 0 bridgehead atoms. The van der Waals surface area contributed by atoms with Crippen molar-refractivity contribution in [3.63, 3.8) is 0 Å². The molecular weight excluding hydrogens is 288 g/mol. The minimum atomic E-state index is -0.254. The van der Waals surface area contributed by atoms with E-state index >= 15 is 0 Å². The van der Waals surface area contributed by atoms with Gasteiger partial charge in [-0.1, -0.05) is 29.8 Å². The smallest absolute Gasteiger partial charge is 0.228 e.